The van der Waals surface area contributed by atoms with Crippen LogP contribution in [0.1, 0.15) is 58.9 Å². The molecule has 0 heterocycles. The van der Waals surface area contributed by atoms with Gasteiger partial charge in [-0.05, 0) is 61.3 Å². The van der Waals surface area contributed by atoms with Crippen LogP contribution in [0.15, 0.2) is 30.3 Å². The van der Waals surface area contributed by atoms with Gasteiger partial charge in [0.15, 0.2) is 0 Å². The first-order valence-electron chi connectivity index (χ1n) is 8.73. The average molecular weight is 285 g/mol. The molecule has 1 aromatic rings. The molecule has 1 nitrogen and oxygen atoms in total. The molecule has 4 atom stereocenters. The van der Waals surface area contributed by atoms with E-state index in [-0.39, 0.29) is 0 Å². The van der Waals surface area contributed by atoms with E-state index in [0.29, 0.717) is 16.9 Å². The quantitative estimate of drug-likeness (QED) is 0.818. The Labute approximate surface area is 130 Å². The Kier molecular flexibility index (Phi) is 3.90. The molecular weight excluding hydrogens is 254 g/mol. The highest BCUT2D eigenvalue weighted by atomic mass is 15.0. The largest absolute Gasteiger partial charge is 0.311 e. The van der Waals surface area contributed by atoms with Gasteiger partial charge in [0, 0.05) is 12.1 Å². The molecule has 2 bridgehead atoms. The summed E-state index contributed by atoms with van der Waals surface area (Å²) in [5.74, 6) is 0.932. The van der Waals surface area contributed by atoms with Gasteiger partial charge in [-0.1, -0.05) is 51.1 Å². The van der Waals surface area contributed by atoms with Crippen LogP contribution in [0.5, 0.6) is 0 Å². The predicted molar refractivity (Wildman–Crippen MR) is 90.4 cm³/mol. The number of benzene rings is 1. The van der Waals surface area contributed by atoms with Gasteiger partial charge in [0.05, 0.1) is 0 Å². The van der Waals surface area contributed by atoms with E-state index in [1.54, 1.807) is 0 Å². The minimum atomic E-state index is 0.499. The van der Waals surface area contributed by atoms with Gasteiger partial charge in [-0.15, -0.1) is 0 Å². The van der Waals surface area contributed by atoms with Gasteiger partial charge in [0.25, 0.3) is 0 Å². The molecule has 21 heavy (non-hydrogen) atoms. The first-order valence-corrected chi connectivity index (χ1v) is 8.73. The number of hydrogen-bond acceptors (Lipinski definition) is 1. The van der Waals surface area contributed by atoms with Crippen molar-refractivity contribution in [1.29, 1.82) is 0 Å². The summed E-state index contributed by atoms with van der Waals surface area (Å²) in [7, 11) is 0. The maximum Gasteiger partial charge on any atom is 0.0131 e. The third kappa shape index (κ3) is 2.54. The first-order chi connectivity index (χ1) is 9.93. The van der Waals surface area contributed by atoms with Crippen LogP contribution in [0, 0.1) is 16.7 Å². The molecule has 0 spiro atoms. The molecule has 0 radical (unpaired) electrons. The Morgan fingerprint density at radius 1 is 1.19 bits per heavy atom. The number of aryl methyl sites for hydroxylation is 1. The molecule has 2 fully saturated rings. The summed E-state index contributed by atoms with van der Waals surface area (Å²) in [6.45, 7) is 9.90. The van der Waals surface area contributed by atoms with E-state index < -0.39 is 0 Å². The first kappa shape index (κ1) is 15.1. The Morgan fingerprint density at radius 3 is 2.48 bits per heavy atom. The summed E-state index contributed by atoms with van der Waals surface area (Å²) in [6, 6.07) is 12.2. The van der Waals surface area contributed by atoms with Gasteiger partial charge >= 0.3 is 0 Å². The van der Waals surface area contributed by atoms with Crippen LogP contribution in [-0.4, -0.2) is 12.1 Å². The molecule has 0 aromatic heterocycles. The highest BCUT2D eigenvalue weighted by Crippen LogP contribution is 2.65. The second-order valence-electron chi connectivity index (χ2n) is 8.26. The topological polar surface area (TPSA) is 12.0 Å². The molecule has 2 saturated carbocycles. The monoisotopic (exact) mass is 285 g/mol. The lowest BCUT2D eigenvalue weighted by Gasteiger charge is -2.40. The van der Waals surface area contributed by atoms with Crippen molar-refractivity contribution < 1.29 is 0 Å². The zero-order valence-electron chi connectivity index (χ0n) is 14.2. The minimum absolute atomic E-state index is 0.499. The van der Waals surface area contributed by atoms with Crippen molar-refractivity contribution in [3.8, 4) is 0 Å². The summed E-state index contributed by atoms with van der Waals surface area (Å²) in [4.78, 5) is 0. The molecule has 0 aliphatic heterocycles. The summed E-state index contributed by atoms with van der Waals surface area (Å²) < 4.78 is 0. The number of rotatable bonds is 5. The molecule has 1 aromatic carbocycles. The van der Waals surface area contributed by atoms with Crippen LogP contribution in [0.25, 0.3) is 0 Å². The summed E-state index contributed by atoms with van der Waals surface area (Å²) in [5, 5.41) is 3.98. The lowest BCUT2D eigenvalue weighted by molar-refractivity contribution is 0.115. The third-order valence-electron chi connectivity index (χ3n) is 6.99. The fraction of sp³-hybridized carbons (Fsp3) is 0.700. The smallest absolute Gasteiger partial charge is 0.0131 e. The Morgan fingerprint density at radius 2 is 1.90 bits per heavy atom. The molecule has 1 heteroatoms. The van der Waals surface area contributed by atoms with Crippen LogP contribution in [0.2, 0.25) is 0 Å². The average Bonchev–Trinajstić information content (AvgIpc) is 2.79. The standard InChI is InChI=1S/C20H31N/c1-15(10-11-16-8-6-5-7-9-16)21-18-14-17-12-13-20(18,4)19(17,2)3/h5-9,15,17-18,21H,10-14H2,1-4H3. The molecule has 0 saturated heterocycles. The van der Waals surface area contributed by atoms with Gasteiger partial charge in [0.2, 0.25) is 0 Å². The van der Waals surface area contributed by atoms with Gasteiger partial charge in [-0.2, -0.15) is 0 Å². The van der Waals surface area contributed by atoms with Gasteiger partial charge in [-0.3, -0.25) is 0 Å². The van der Waals surface area contributed by atoms with E-state index in [1.165, 1.54) is 37.7 Å². The fourth-order valence-corrected chi connectivity index (χ4v) is 4.91. The van der Waals surface area contributed by atoms with Crippen molar-refractivity contribution in [2.45, 2.75) is 71.9 Å². The van der Waals surface area contributed by atoms with E-state index in [0.717, 1.165) is 12.0 Å². The maximum atomic E-state index is 3.98. The van der Waals surface area contributed by atoms with Crippen LogP contribution in [-0.2, 0) is 6.42 Å². The van der Waals surface area contributed by atoms with Gasteiger partial charge < -0.3 is 5.32 Å². The van der Waals surface area contributed by atoms with Crippen molar-refractivity contribution in [1.82, 2.24) is 5.32 Å². The molecule has 2 aliphatic carbocycles. The molecule has 4 unspecified atom stereocenters. The van der Waals surface area contributed by atoms with Crippen molar-refractivity contribution >= 4 is 0 Å². The van der Waals surface area contributed by atoms with E-state index in [2.05, 4.69) is 63.3 Å². The van der Waals surface area contributed by atoms with Crippen LogP contribution >= 0.6 is 0 Å². The highest BCUT2D eigenvalue weighted by Gasteiger charge is 2.61. The lowest BCUT2D eigenvalue weighted by atomic mass is 9.69. The van der Waals surface area contributed by atoms with Crippen molar-refractivity contribution in [3.05, 3.63) is 35.9 Å². The van der Waals surface area contributed by atoms with Crippen LogP contribution in [0.3, 0.4) is 0 Å². The number of hydrogen-bond donors (Lipinski definition) is 1. The number of fused-ring (bicyclic) bond motifs is 2. The lowest BCUT2D eigenvalue weighted by Crippen LogP contribution is -2.47. The zero-order valence-corrected chi connectivity index (χ0v) is 14.2. The second-order valence-corrected chi connectivity index (χ2v) is 8.26. The number of nitrogens with one attached hydrogen (secondary N) is 1. The third-order valence-corrected chi connectivity index (χ3v) is 6.99. The molecule has 1 N–H and O–H groups in total. The van der Waals surface area contributed by atoms with Crippen molar-refractivity contribution in [2.75, 3.05) is 0 Å². The predicted octanol–water partition coefficient (Wildman–Crippen LogP) is 4.81. The minimum Gasteiger partial charge on any atom is -0.311 e. The summed E-state index contributed by atoms with van der Waals surface area (Å²) >= 11 is 0. The maximum absolute atomic E-state index is 3.98. The van der Waals surface area contributed by atoms with Gasteiger partial charge in [0.1, 0.15) is 0 Å². The SMILES string of the molecule is CC(CCc1ccccc1)NC1CC2CCC1(C)C2(C)C. The van der Waals surface area contributed by atoms with Gasteiger partial charge in [-0.25, -0.2) is 0 Å². The summed E-state index contributed by atoms with van der Waals surface area (Å²) in [6.07, 6.45) is 6.67. The molecule has 0 amide bonds. The Hall–Kier alpha value is -0.820. The highest BCUT2D eigenvalue weighted by molar-refractivity contribution is 5.15. The Bertz CT molecular complexity index is 478. The second kappa shape index (κ2) is 5.43. The zero-order chi connectivity index (χ0) is 15.1. The summed E-state index contributed by atoms with van der Waals surface area (Å²) in [5.41, 5.74) is 2.48. The van der Waals surface area contributed by atoms with E-state index in [4.69, 9.17) is 0 Å². The molecule has 2 aliphatic rings. The van der Waals surface area contributed by atoms with Crippen molar-refractivity contribution in [3.63, 3.8) is 0 Å². The normalized spacial score (nSPS) is 35.0. The Balaban J connectivity index is 1.55. The molecule has 116 valence electrons. The van der Waals surface area contributed by atoms with E-state index >= 15 is 0 Å². The van der Waals surface area contributed by atoms with Crippen LogP contribution in [0.4, 0.5) is 0 Å². The fourth-order valence-electron chi connectivity index (χ4n) is 4.91. The molecular formula is C20H31N. The van der Waals surface area contributed by atoms with E-state index in [1.807, 2.05) is 0 Å². The molecule has 3 rings (SSSR count). The van der Waals surface area contributed by atoms with Crippen molar-refractivity contribution in [2.24, 2.45) is 16.7 Å². The van der Waals surface area contributed by atoms with E-state index in [9.17, 15) is 0 Å². The van der Waals surface area contributed by atoms with Crippen LogP contribution < -0.4 is 5.32 Å².